The van der Waals surface area contributed by atoms with Crippen molar-refractivity contribution in [2.24, 2.45) is 17.8 Å². The number of carbonyl (C=O) groups excluding carboxylic acids is 1. The van der Waals surface area contributed by atoms with E-state index in [4.69, 9.17) is 9.47 Å². The first-order valence-corrected chi connectivity index (χ1v) is 10.1. The highest BCUT2D eigenvalue weighted by Crippen LogP contribution is 2.52. The number of ether oxygens (including phenoxy) is 2. The van der Waals surface area contributed by atoms with Gasteiger partial charge in [0.15, 0.2) is 0 Å². The molecule has 1 amide bonds. The minimum absolute atomic E-state index is 0.118. The van der Waals surface area contributed by atoms with E-state index in [2.05, 4.69) is 50.9 Å². The standard InChI is InChI=1S/C22H32N2O3/c1-21(2,3)27-13-24-10-15-16(11-24)19(15)20(25)23-22(4,5)17-12-26-18-9-7-6-8-14(17)18/h6-9,15-17,19H,10-13H2,1-5H3,(H,23,25). The van der Waals surface area contributed by atoms with Gasteiger partial charge in [-0.3, -0.25) is 9.69 Å². The average Bonchev–Trinajstić information content (AvgIpc) is 2.95. The Hall–Kier alpha value is -1.59. The zero-order valence-corrected chi connectivity index (χ0v) is 17.1. The number of hydrogen-bond acceptors (Lipinski definition) is 4. The van der Waals surface area contributed by atoms with Gasteiger partial charge in [0.2, 0.25) is 5.91 Å². The summed E-state index contributed by atoms with van der Waals surface area (Å²) in [6, 6.07) is 8.15. The SMILES string of the molecule is CC(C)(C)OCN1CC2C(C1)C2C(=O)NC(C)(C)C1COc2ccccc21. The molecule has 3 atom stereocenters. The van der Waals surface area contributed by atoms with Crippen LogP contribution < -0.4 is 10.1 Å². The molecule has 5 heteroatoms. The van der Waals surface area contributed by atoms with Crippen molar-refractivity contribution in [3.8, 4) is 5.75 Å². The lowest BCUT2D eigenvalue weighted by Gasteiger charge is -2.33. The molecule has 0 bridgehead atoms. The maximum atomic E-state index is 12.9. The number of nitrogens with zero attached hydrogens (tertiary/aromatic N) is 1. The summed E-state index contributed by atoms with van der Waals surface area (Å²) < 4.78 is 11.7. The van der Waals surface area contributed by atoms with Crippen molar-refractivity contribution in [1.82, 2.24) is 10.2 Å². The van der Waals surface area contributed by atoms with Gasteiger partial charge < -0.3 is 14.8 Å². The maximum Gasteiger partial charge on any atom is 0.224 e. The number of nitrogens with one attached hydrogen (secondary N) is 1. The van der Waals surface area contributed by atoms with E-state index in [9.17, 15) is 4.79 Å². The Bertz CT molecular complexity index is 713. The molecule has 1 saturated carbocycles. The van der Waals surface area contributed by atoms with Crippen LogP contribution in [0.3, 0.4) is 0 Å². The first-order chi connectivity index (χ1) is 12.7. The third kappa shape index (κ3) is 3.72. The van der Waals surface area contributed by atoms with E-state index in [1.807, 2.05) is 18.2 Å². The van der Waals surface area contributed by atoms with Crippen LogP contribution in [0.25, 0.3) is 0 Å². The van der Waals surface area contributed by atoms with Gasteiger partial charge >= 0.3 is 0 Å². The van der Waals surface area contributed by atoms with Crippen LogP contribution in [0.4, 0.5) is 0 Å². The minimum Gasteiger partial charge on any atom is -0.493 e. The van der Waals surface area contributed by atoms with Crippen LogP contribution in [0.1, 0.15) is 46.1 Å². The molecule has 0 aromatic heterocycles. The predicted molar refractivity (Wildman–Crippen MR) is 105 cm³/mol. The molecule has 2 fully saturated rings. The Morgan fingerprint density at radius 1 is 1.19 bits per heavy atom. The third-order valence-corrected chi connectivity index (χ3v) is 6.27. The van der Waals surface area contributed by atoms with Crippen LogP contribution in [-0.2, 0) is 9.53 Å². The van der Waals surface area contributed by atoms with Gasteiger partial charge in [-0.2, -0.15) is 0 Å². The van der Waals surface area contributed by atoms with E-state index in [1.54, 1.807) is 0 Å². The summed E-state index contributed by atoms with van der Waals surface area (Å²) in [5.74, 6) is 2.46. The average molecular weight is 373 g/mol. The van der Waals surface area contributed by atoms with Crippen LogP contribution in [0, 0.1) is 17.8 Å². The summed E-state index contributed by atoms with van der Waals surface area (Å²) in [6.07, 6.45) is 0. The zero-order chi connectivity index (χ0) is 19.4. The van der Waals surface area contributed by atoms with Crippen molar-refractivity contribution in [1.29, 1.82) is 0 Å². The second-order valence-electron chi connectivity index (χ2n) is 9.89. The molecule has 0 spiro atoms. The monoisotopic (exact) mass is 372 g/mol. The van der Waals surface area contributed by atoms with Crippen LogP contribution in [0.15, 0.2) is 24.3 Å². The quantitative estimate of drug-likeness (QED) is 0.863. The Kier molecular flexibility index (Phi) is 4.51. The highest BCUT2D eigenvalue weighted by molar-refractivity contribution is 5.83. The minimum atomic E-state index is -0.324. The number of hydrogen-bond donors (Lipinski definition) is 1. The molecule has 0 radical (unpaired) electrons. The molecule has 4 rings (SSSR count). The number of rotatable bonds is 5. The van der Waals surface area contributed by atoms with Gasteiger partial charge in [0.1, 0.15) is 5.75 Å². The van der Waals surface area contributed by atoms with Gasteiger partial charge in [0, 0.05) is 36.0 Å². The van der Waals surface area contributed by atoms with Crippen LogP contribution in [0.2, 0.25) is 0 Å². The van der Waals surface area contributed by atoms with Crippen LogP contribution >= 0.6 is 0 Å². The molecule has 3 aliphatic rings. The highest BCUT2D eigenvalue weighted by Gasteiger charge is 2.60. The predicted octanol–water partition coefficient (Wildman–Crippen LogP) is 3.01. The number of fused-ring (bicyclic) bond motifs is 2. The van der Waals surface area contributed by atoms with E-state index in [0.29, 0.717) is 25.2 Å². The van der Waals surface area contributed by atoms with Gasteiger partial charge in [-0.15, -0.1) is 0 Å². The van der Waals surface area contributed by atoms with Crippen molar-refractivity contribution in [2.75, 3.05) is 26.4 Å². The molecule has 1 aromatic carbocycles. The second kappa shape index (κ2) is 6.49. The number of benzene rings is 1. The number of likely N-dealkylation sites (tertiary alicyclic amines) is 1. The van der Waals surface area contributed by atoms with Crippen molar-refractivity contribution >= 4 is 5.91 Å². The molecule has 5 nitrogen and oxygen atoms in total. The zero-order valence-electron chi connectivity index (χ0n) is 17.1. The third-order valence-electron chi connectivity index (χ3n) is 6.27. The second-order valence-corrected chi connectivity index (χ2v) is 9.89. The molecule has 148 valence electrons. The van der Waals surface area contributed by atoms with E-state index in [-0.39, 0.29) is 28.9 Å². The Labute approximate surface area is 162 Å². The molecule has 1 aliphatic carbocycles. The fourth-order valence-corrected chi connectivity index (χ4v) is 4.64. The topological polar surface area (TPSA) is 50.8 Å². The molecule has 3 unspecified atom stereocenters. The van der Waals surface area contributed by atoms with Gasteiger partial charge in [0.05, 0.1) is 18.9 Å². The fraction of sp³-hybridized carbons (Fsp3) is 0.682. The van der Waals surface area contributed by atoms with Gasteiger partial charge in [0.25, 0.3) is 0 Å². The van der Waals surface area contributed by atoms with Crippen LogP contribution in [-0.4, -0.2) is 48.4 Å². The molecule has 1 N–H and O–H groups in total. The van der Waals surface area contributed by atoms with Crippen molar-refractivity contribution in [3.05, 3.63) is 29.8 Å². The summed E-state index contributed by atoms with van der Waals surface area (Å²) in [6.45, 7) is 13.7. The van der Waals surface area contributed by atoms with E-state index >= 15 is 0 Å². The number of amides is 1. The Morgan fingerprint density at radius 2 is 1.85 bits per heavy atom. The highest BCUT2D eigenvalue weighted by atomic mass is 16.5. The molecule has 2 aliphatic heterocycles. The maximum absolute atomic E-state index is 12.9. The number of para-hydroxylation sites is 1. The van der Waals surface area contributed by atoms with Crippen molar-refractivity contribution in [3.63, 3.8) is 0 Å². The van der Waals surface area contributed by atoms with E-state index < -0.39 is 0 Å². The molecule has 27 heavy (non-hydrogen) atoms. The van der Waals surface area contributed by atoms with Gasteiger partial charge in [-0.1, -0.05) is 18.2 Å². The normalized spacial score (nSPS) is 29.8. The van der Waals surface area contributed by atoms with Crippen molar-refractivity contribution < 1.29 is 14.3 Å². The number of piperidine rings is 1. The lowest BCUT2D eigenvalue weighted by Crippen LogP contribution is -2.50. The lowest BCUT2D eigenvalue weighted by atomic mass is 9.83. The fourth-order valence-electron chi connectivity index (χ4n) is 4.64. The summed E-state index contributed by atoms with van der Waals surface area (Å²) in [4.78, 5) is 15.3. The summed E-state index contributed by atoms with van der Waals surface area (Å²) >= 11 is 0. The molecular formula is C22H32N2O3. The summed E-state index contributed by atoms with van der Waals surface area (Å²) in [7, 11) is 0. The number of carbonyl (C=O) groups is 1. The van der Waals surface area contributed by atoms with E-state index in [1.165, 1.54) is 5.56 Å². The first-order valence-electron chi connectivity index (χ1n) is 10.1. The molecule has 1 aromatic rings. The Balaban J connectivity index is 1.31. The van der Waals surface area contributed by atoms with Gasteiger partial charge in [-0.25, -0.2) is 0 Å². The van der Waals surface area contributed by atoms with Crippen LogP contribution in [0.5, 0.6) is 5.75 Å². The largest absolute Gasteiger partial charge is 0.493 e. The summed E-state index contributed by atoms with van der Waals surface area (Å²) in [5.41, 5.74) is 0.757. The van der Waals surface area contributed by atoms with E-state index in [0.717, 1.165) is 18.8 Å². The van der Waals surface area contributed by atoms with Gasteiger partial charge in [-0.05, 0) is 52.5 Å². The first kappa shape index (κ1) is 18.8. The molecule has 2 heterocycles. The molecule has 1 saturated heterocycles. The Morgan fingerprint density at radius 3 is 2.52 bits per heavy atom. The summed E-state index contributed by atoms with van der Waals surface area (Å²) in [5, 5.41) is 3.33. The smallest absolute Gasteiger partial charge is 0.224 e. The lowest BCUT2D eigenvalue weighted by molar-refractivity contribution is -0.125. The molecular weight excluding hydrogens is 340 g/mol. The van der Waals surface area contributed by atoms with Crippen molar-refractivity contribution in [2.45, 2.75) is 51.7 Å².